The minimum absolute atomic E-state index is 0.0415. The normalized spacial score (nSPS) is 11.7. The lowest BCUT2D eigenvalue weighted by atomic mass is 9.94. The number of hydrogen-bond donors (Lipinski definition) is 3. The number of carbonyl (C=O) groups excluding carboxylic acids is 2. The van der Waals surface area contributed by atoms with Crippen LogP contribution in [0.25, 0.3) is 0 Å². The van der Waals surface area contributed by atoms with E-state index in [9.17, 15) is 14.4 Å². The molecule has 0 bridgehead atoms. The molecule has 2 amide bonds. The topological polar surface area (TPSA) is 95.5 Å². The molecule has 0 aromatic heterocycles. The van der Waals surface area contributed by atoms with Crippen molar-refractivity contribution in [3.63, 3.8) is 0 Å². The van der Waals surface area contributed by atoms with Crippen LogP contribution in [0.1, 0.15) is 50.5 Å². The average molecular weight is 334 g/mol. The molecule has 0 aliphatic rings. The first-order chi connectivity index (χ1) is 10.9. The first kappa shape index (κ1) is 19.7. The van der Waals surface area contributed by atoms with E-state index >= 15 is 0 Å². The fourth-order valence-corrected chi connectivity index (χ4v) is 1.70. The van der Waals surface area contributed by atoms with E-state index in [0.717, 1.165) is 5.56 Å². The fourth-order valence-electron chi connectivity index (χ4n) is 1.70. The van der Waals surface area contributed by atoms with Crippen molar-refractivity contribution in [1.29, 1.82) is 0 Å². The molecule has 0 spiro atoms. The third-order valence-electron chi connectivity index (χ3n) is 3.62. The Morgan fingerprint density at radius 2 is 1.50 bits per heavy atom. The van der Waals surface area contributed by atoms with Gasteiger partial charge in [-0.3, -0.25) is 14.4 Å². The third-order valence-corrected chi connectivity index (χ3v) is 3.62. The molecule has 0 heterocycles. The average Bonchev–Trinajstić information content (AvgIpc) is 2.49. The van der Waals surface area contributed by atoms with E-state index in [-0.39, 0.29) is 18.4 Å². The van der Waals surface area contributed by atoms with E-state index in [1.165, 1.54) is 0 Å². The van der Waals surface area contributed by atoms with Gasteiger partial charge in [-0.1, -0.05) is 32.9 Å². The molecule has 0 aliphatic carbocycles. The Bertz CT molecular complexity index is 613. The van der Waals surface area contributed by atoms with Gasteiger partial charge in [0.2, 0.25) is 5.91 Å². The molecule has 0 fully saturated rings. The van der Waals surface area contributed by atoms with Crippen LogP contribution in [0.5, 0.6) is 0 Å². The van der Waals surface area contributed by atoms with Crippen LogP contribution in [-0.4, -0.2) is 29.4 Å². The van der Waals surface area contributed by atoms with Crippen molar-refractivity contribution in [3.05, 3.63) is 35.4 Å². The lowest BCUT2D eigenvalue weighted by Crippen LogP contribution is -2.38. The number of carboxylic acids is 1. The third kappa shape index (κ3) is 5.68. The molecule has 0 saturated heterocycles. The molecular formula is C18H26N2O4. The molecule has 0 atom stereocenters. The molecule has 3 N–H and O–H groups in total. The molecule has 1 aromatic rings. The standard InChI is InChI=1S/C18H26N2O4/c1-17(2,3)15(22)19-10-12-6-8-13(9-7-12)14(21)20-11-18(4,5)16(23)24/h6-9H,10-11H2,1-5H3,(H,19,22)(H,20,21)(H,23,24). The van der Waals surface area contributed by atoms with Crippen molar-refractivity contribution in [2.45, 2.75) is 41.2 Å². The largest absolute Gasteiger partial charge is 0.481 e. The predicted molar refractivity (Wildman–Crippen MR) is 91.5 cm³/mol. The molecule has 1 aromatic carbocycles. The van der Waals surface area contributed by atoms with Gasteiger partial charge in [0.15, 0.2) is 0 Å². The first-order valence-electron chi connectivity index (χ1n) is 7.82. The molecule has 0 unspecified atom stereocenters. The van der Waals surface area contributed by atoms with Crippen LogP contribution in [0.4, 0.5) is 0 Å². The van der Waals surface area contributed by atoms with Crippen molar-refractivity contribution < 1.29 is 19.5 Å². The van der Waals surface area contributed by atoms with Gasteiger partial charge in [-0.25, -0.2) is 0 Å². The highest BCUT2D eigenvalue weighted by Gasteiger charge is 2.27. The Morgan fingerprint density at radius 3 is 1.96 bits per heavy atom. The van der Waals surface area contributed by atoms with Gasteiger partial charge in [-0.15, -0.1) is 0 Å². The van der Waals surface area contributed by atoms with E-state index in [2.05, 4.69) is 10.6 Å². The molecule has 1 rings (SSSR count). The van der Waals surface area contributed by atoms with Crippen LogP contribution < -0.4 is 10.6 Å². The second kappa shape index (κ2) is 7.47. The summed E-state index contributed by atoms with van der Waals surface area (Å²) >= 11 is 0. The molecular weight excluding hydrogens is 308 g/mol. The summed E-state index contributed by atoms with van der Waals surface area (Å²) in [6.07, 6.45) is 0. The van der Waals surface area contributed by atoms with Gasteiger partial charge >= 0.3 is 5.97 Å². The molecule has 0 radical (unpaired) electrons. The highest BCUT2D eigenvalue weighted by molar-refractivity contribution is 5.94. The number of aliphatic carboxylic acids is 1. The summed E-state index contributed by atoms with van der Waals surface area (Å²) in [6.45, 7) is 9.07. The number of carboxylic acid groups (broad SMARTS) is 1. The van der Waals surface area contributed by atoms with Gasteiger partial charge < -0.3 is 15.7 Å². The Balaban J connectivity index is 2.59. The maximum absolute atomic E-state index is 12.0. The van der Waals surface area contributed by atoms with Crippen LogP contribution in [0.2, 0.25) is 0 Å². The summed E-state index contributed by atoms with van der Waals surface area (Å²) in [5.74, 6) is -1.33. The number of hydrogen-bond acceptors (Lipinski definition) is 3. The monoisotopic (exact) mass is 334 g/mol. The molecule has 0 saturated carbocycles. The lowest BCUT2D eigenvalue weighted by Gasteiger charge is -2.19. The molecule has 0 aliphatic heterocycles. The Labute approximate surface area is 142 Å². The zero-order valence-corrected chi connectivity index (χ0v) is 14.9. The minimum atomic E-state index is -1.02. The maximum Gasteiger partial charge on any atom is 0.310 e. The summed E-state index contributed by atoms with van der Waals surface area (Å²) in [5, 5.41) is 14.5. The van der Waals surface area contributed by atoms with Crippen LogP contribution in [-0.2, 0) is 16.1 Å². The molecule has 6 heteroatoms. The number of amides is 2. The SMILES string of the molecule is CC(C)(C)C(=O)NCc1ccc(C(=O)NCC(C)(C)C(=O)O)cc1. The van der Waals surface area contributed by atoms with Gasteiger partial charge in [0.05, 0.1) is 5.41 Å². The summed E-state index contributed by atoms with van der Waals surface area (Å²) in [4.78, 5) is 34.9. The van der Waals surface area contributed by atoms with Gasteiger partial charge in [-0.05, 0) is 31.5 Å². The van der Waals surface area contributed by atoms with Crippen LogP contribution >= 0.6 is 0 Å². The van der Waals surface area contributed by atoms with Gasteiger partial charge in [0.25, 0.3) is 5.91 Å². The maximum atomic E-state index is 12.0. The fraction of sp³-hybridized carbons (Fsp3) is 0.500. The highest BCUT2D eigenvalue weighted by atomic mass is 16.4. The second-order valence-corrected chi connectivity index (χ2v) is 7.50. The summed E-state index contributed by atoms with van der Waals surface area (Å²) in [6, 6.07) is 6.84. The molecule has 132 valence electrons. The number of carbonyl (C=O) groups is 3. The van der Waals surface area contributed by atoms with E-state index in [1.807, 2.05) is 20.8 Å². The minimum Gasteiger partial charge on any atom is -0.481 e. The number of benzene rings is 1. The van der Waals surface area contributed by atoms with Crippen molar-refractivity contribution in [3.8, 4) is 0 Å². The predicted octanol–water partition coefficient (Wildman–Crippen LogP) is 2.19. The van der Waals surface area contributed by atoms with Crippen molar-refractivity contribution >= 4 is 17.8 Å². The van der Waals surface area contributed by atoms with Gasteiger partial charge in [0, 0.05) is 24.1 Å². The molecule has 6 nitrogen and oxygen atoms in total. The zero-order valence-electron chi connectivity index (χ0n) is 14.9. The quantitative estimate of drug-likeness (QED) is 0.743. The highest BCUT2D eigenvalue weighted by Crippen LogP contribution is 2.14. The Morgan fingerprint density at radius 1 is 0.958 bits per heavy atom. The smallest absolute Gasteiger partial charge is 0.310 e. The number of nitrogens with one attached hydrogen (secondary N) is 2. The van der Waals surface area contributed by atoms with Gasteiger partial charge in [-0.2, -0.15) is 0 Å². The van der Waals surface area contributed by atoms with Crippen LogP contribution in [0.15, 0.2) is 24.3 Å². The van der Waals surface area contributed by atoms with E-state index < -0.39 is 16.8 Å². The van der Waals surface area contributed by atoms with Crippen molar-refractivity contribution in [2.75, 3.05) is 6.54 Å². The van der Waals surface area contributed by atoms with Gasteiger partial charge in [0.1, 0.15) is 0 Å². The summed E-state index contributed by atoms with van der Waals surface area (Å²) in [7, 11) is 0. The van der Waals surface area contributed by atoms with Crippen molar-refractivity contribution in [1.82, 2.24) is 10.6 Å². The first-order valence-corrected chi connectivity index (χ1v) is 7.82. The van der Waals surface area contributed by atoms with Crippen LogP contribution in [0, 0.1) is 10.8 Å². The van der Waals surface area contributed by atoms with E-state index in [4.69, 9.17) is 5.11 Å². The lowest BCUT2D eigenvalue weighted by molar-refractivity contribution is -0.146. The van der Waals surface area contributed by atoms with E-state index in [1.54, 1.807) is 38.1 Å². The van der Waals surface area contributed by atoms with E-state index in [0.29, 0.717) is 12.1 Å². The van der Waals surface area contributed by atoms with Crippen molar-refractivity contribution in [2.24, 2.45) is 10.8 Å². The Kier molecular flexibility index (Phi) is 6.12. The summed E-state index contributed by atoms with van der Waals surface area (Å²) in [5.41, 5.74) is -0.138. The number of rotatable bonds is 6. The van der Waals surface area contributed by atoms with Crippen LogP contribution in [0.3, 0.4) is 0 Å². The Hall–Kier alpha value is -2.37. The second-order valence-electron chi connectivity index (χ2n) is 7.50. The zero-order chi connectivity index (χ0) is 18.5. The summed E-state index contributed by atoms with van der Waals surface area (Å²) < 4.78 is 0. The molecule has 24 heavy (non-hydrogen) atoms.